The molecule has 0 radical (unpaired) electrons. The fourth-order valence-electron chi connectivity index (χ4n) is 1.73. The smallest absolute Gasteiger partial charge is 0.0893 e. The molecule has 4 nitrogen and oxygen atoms in total. The van der Waals surface area contributed by atoms with Crippen LogP contribution in [0.3, 0.4) is 0 Å². The molecule has 0 spiro atoms. The molecule has 78 valence electrons. The van der Waals surface area contributed by atoms with E-state index in [2.05, 4.69) is 20.2 Å². The first-order valence-corrected chi connectivity index (χ1v) is 5.99. The molecule has 1 aliphatic rings. The van der Waals surface area contributed by atoms with Crippen LogP contribution in [-0.4, -0.2) is 28.7 Å². The van der Waals surface area contributed by atoms with Crippen LogP contribution in [0.1, 0.15) is 25.0 Å². The van der Waals surface area contributed by atoms with E-state index in [4.69, 9.17) is 0 Å². The van der Waals surface area contributed by atoms with Gasteiger partial charge in [0, 0.05) is 18.0 Å². The molecule has 2 heterocycles. The third-order valence-electron chi connectivity index (χ3n) is 2.55. The zero-order chi connectivity index (χ0) is 9.64. The van der Waals surface area contributed by atoms with E-state index in [1.54, 1.807) is 0 Å². The molecule has 1 aliphatic heterocycles. The molecule has 0 bridgehead atoms. The van der Waals surface area contributed by atoms with Gasteiger partial charge in [0.25, 0.3) is 0 Å². The van der Waals surface area contributed by atoms with Crippen molar-refractivity contribution in [1.82, 2.24) is 20.2 Å². The van der Waals surface area contributed by atoms with E-state index >= 15 is 0 Å². The number of aromatic nitrogens is 2. The Labute approximate surface area is 88.3 Å². The standard InChI is InChI=1S/C9H16N4S/c1-2-8(3-5-10-4-1)11-6-9-7-14-13-12-9/h7-8,10-11H,1-6H2. The van der Waals surface area contributed by atoms with E-state index in [1.165, 1.54) is 30.8 Å². The van der Waals surface area contributed by atoms with Crippen LogP contribution in [0, 0.1) is 0 Å². The van der Waals surface area contributed by atoms with E-state index in [9.17, 15) is 0 Å². The van der Waals surface area contributed by atoms with Gasteiger partial charge in [0.1, 0.15) is 0 Å². The highest BCUT2D eigenvalue weighted by atomic mass is 32.1. The first-order chi connectivity index (χ1) is 6.95. The van der Waals surface area contributed by atoms with Gasteiger partial charge in [0.15, 0.2) is 0 Å². The van der Waals surface area contributed by atoms with Gasteiger partial charge >= 0.3 is 0 Å². The largest absolute Gasteiger partial charge is 0.317 e. The van der Waals surface area contributed by atoms with Gasteiger partial charge in [0.05, 0.1) is 5.69 Å². The van der Waals surface area contributed by atoms with Crippen LogP contribution >= 0.6 is 11.5 Å². The molecule has 1 aromatic heterocycles. The van der Waals surface area contributed by atoms with E-state index in [1.807, 2.05) is 5.38 Å². The maximum absolute atomic E-state index is 4.01. The average molecular weight is 212 g/mol. The number of hydrogen-bond donors (Lipinski definition) is 2. The van der Waals surface area contributed by atoms with Crippen molar-refractivity contribution in [3.05, 3.63) is 11.1 Å². The van der Waals surface area contributed by atoms with Crippen LogP contribution in [0.25, 0.3) is 0 Å². The van der Waals surface area contributed by atoms with Crippen molar-refractivity contribution >= 4 is 11.5 Å². The average Bonchev–Trinajstić information content (AvgIpc) is 2.58. The number of nitrogens with one attached hydrogen (secondary N) is 2. The molecule has 0 saturated carbocycles. The van der Waals surface area contributed by atoms with Gasteiger partial charge in [-0.1, -0.05) is 4.49 Å². The zero-order valence-electron chi connectivity index (χ0n) is 8.20. The molecule has 0 aliphatic carbocycles. The first-order valence-electron chi connectivity index (χ1n) is 5.15. The number of hydrogen-bond acceptors (Lipinski definition) is 5. The van der Waals surface area contributed by atoms with E-state index < -0.39 is 0 Å². The Bertz CT molecular complexity index is 241. The molecule has 0 amide bonds. The Hall–Kier alpha value is -0.520. The summed E-state index contributed by atoms with van der Waals surface area (Å²) in [5.41, 5.74) is 1.06. The Balaban J connectivity index is 1.73. The second-order valence-electron chi connectivity index (χ2n) is 3.65. The highest BCUT2D eigenvalue weighted by Crippen LogP contribution is 2.06. The summed E-state index contributed by atoms with van der Waals surface area (Å²) < 4.78 is 3.84. The predicted octanol–water partition coefficient (Wildman–Crippen LogP) is 0.770. The fraction of sp³-hybridized carbons (Fsp3) is 0.778. The highest BCUT2D eigenvalue weighted by molar-refractivity contribution is 7.03. The van der Waals surface area contributed by atoms with Crippen LogP contribution in [-0.2, 0) is 6.54 Å². The highest BCUT2D eigenvalue weighted by Gasteiger charge is 2.11. The van der Waals surface area contributed by atoms with Crippen LogP contribution in [0.2, 0.25) is 0 Å². The molecular formula is C9H16N4S. The van der Waals surface area contributed by atoms with Crippen molar-refractivity contribution in [1.29, 1.82) is 0 Å². The molecule has 5 heteroatoms. The summed E-state index contributed by atoms with van der Waals surface area (Å²) in [6.07, 6.45) is 3.76. The second-order valence-corrected chi connectivity index (χ2v) is 4.26. The lowest BCUT2D eigenvalue weighted by Crippen LogP contribution is -2.29. The lowest BCUT2D eigenvalue weighted by Gasteiger charge is -2.14. The molecular weight excluding hydrogens is 196 g/mol. The van der Waals surface area contributed by atoms with Crippen molar-refractivity contribution < 1.29 is 0 Å². The minimum Gasteiger partial charge on any atom is -0.317 e. The summed E-state index contributed by atoms with van der Waals surface area (Å²) in [6, 6.07) is 0.645. The van der Waals surface area contributed by atoms with Gasteiger partial charge in [-0.05, 0) is 43.9 Å². The van der Waals surface area contributed by atoms with Crippen molar-refractivity contribution in [2.24, 2.45) is 0 Å². The van der Waals surface area contributed by atoms with Crippen molar-refractivity contribution in [3.8, 4) is 0 Å². The number of nitrogens with zero attached hydrogens (tertiary/aromatic N) is 2. The summed E-state index contributed by atoms with van der Waals surface area (Å²) in [4.78, 5) is 0. The maximum Gasteiger partial charge on any atom is 0.0893 e. The molecule has 1 unspecified atom stereocenters. The Kier molecular flexibility index (Phi) is 3.85. The lowest BCUT2D eigenvalue weighted by molar-refractivity contribution is 0.465. The zero-order valence-corrected chi connectivity index (χ0v) is 9.02. The summed E-state index contributed by atoms with van der Waals surface area (Å²) in [5, 5.41) is 12.9. The number of rotatable bonds is 3. The predicted molar refractivity (Wildman–Crippen MR) is 57.3 cm³/mol. The molecule has 1 aromatic rings. The van der Waals surface area contributed by atoms with E-state index in [0.29, 0.717) is 6.04 Å². The first kappa shape index (κ1) is 10.0. The van der Waals surface area contributed by atoms with Gasteiger partial charge in [-0.15, -0.1) is 5.10 Å². The van der Waals surface area contributed by atoms with Crippen molar-refractivity contribution in [3.63, 3.8) is 0 Å². The molecule has 1 saturated heterocycles. The molecule has 2 N–H and O–H groups in total. The van der Waals surface area contributed by atoms with Gasteiger partial charge in [-0.3, -0.25) is 0 Å². The van der Waals surface area contributed by atoms with Crippen molar-refractivity contribution in [2.75, 3.05) is 13.1 Å². The summed E-state index contributed by atoms with van der Waals surface area (Å²) in [5.74, 6) is 0. The van der Waals surface area contributed by atoms with E-state index in [0.717, 1.165) is 25.3 Å². The SMILES string of the molecule is c1snnc1CNC1CCCNCC1. The van der Waals surface area contributed by atoms with Crippen LogP contribution < -0.4 is 10.6 Å². The third kappa shape index (κ3) is 3.01. The van der Waals surface area contributed by atoms with Crippen LogP contribution in [0.5, 0.6) is 0 Å². The monoisotopic (exact) mass is 212 g/mol. The van der Waals surface area contributed by atoms with E-state index in [-0.39, 0.29) is 0 Å². The summed E-state index contributed by atoms with van der Waals surface area (Å²) >= 11 is 1.42. The van der Waals surface area contributed by atoms with Crippen LogP contribution in [0.15, 0.2) is 5.38 Å². The maximum atomic E-state index is 4.01. The molecule has 14 heavy (non-hydrogen) atoms. The summed E-state index contributed by atoms with van der Waals surface area (Å²) in [7, 11) is 0. The van der Waals surface area contributed by atoms with Gasteiger partial charge < -0.3 is 10.6 Å². The molecule has 1 fully saturated rings. The Morgan fingerprint density at radius 1 is 1.50 bits per heavy atom. The topological polar surface area (TPSA) is 49.8 Å². The molecule has 1 atom stereocenters. The Morgan fingerprint density at radius 2 is 2.50 bits per heavy atom. The molecule has 2 rings (SSSR count). The molecule has 0 aromatic carbocycles. The minimum atomic E-state index is 0.645. The normalized spacial score (nSPS) is 23.3. The van der Waals surface area contributed by atoms with Crippen LogP contribution in [0.4, 0.5) is 0 Å². The lowest BCUT2D eigenvalue weighted by atomic mass is 10.1. The van der Waals surface area contributed by atoms with Gasteiger partial charge in [-0.2, -0.15) is 0 Å². The Morgan fingerprint density at radius 3 is 3.36 bits per heavy atom. The quantitative estimate of drug-likeness (QED) is 0.777. The summed E-state index contributed by atoms with van der Waals surface area (Å²) in [6.45, 7) is 3.16. The third-order valence-corrected chi connectivity index (χ3v) is 3.11. The fourth-order valence-corrected chi connectivity index (χ4v) is 2.18. The second kappa shape index (κ2) is 5.38. The van der Waals surface area contributed by atoms with Gasteiger partial charge in [-0.25, -0.2) is 0 Å². The van der Waals surface area contributed by atoms with Gasteiger partial charge in [0.2, 0.25) is 0 Å². The van der Waals surface area contributed by atoms with Crippen molar-refractivity contribution in [2.45, 2.75) is 31.8 Å². The minimum absolute atomic E-state index is 0.645.